The first-order valence-corrected chi connectivity index (χ1v) is 4.58. The van der Waals surface area contributed by atoms with Crippen molar-refractivity contribution in [3.8, 4) is 11.8 Å². The van der Waals surface area contributed by atoms with Crippen LogP contribution in [0.25, 0.3) is 0 Å². The molecule has 10 heavy (non-hydrogen) atoms. The standard InChI is InChI=1S/C8H8S2/c9-6-2-1-4-8-5-3-7-10-8/h3,5,7,9H,2,6H2. The van der Waals surface area contributed by atoms with Gasteiger partial charge in [-0.05, 0) is 11.4 Å². The summed E-state index contributed by atoms with van der Waals surface area (Å²) < 4.78 is 0. The van der Waals surface area contributed by atoms with E-state index in [0.29, 0.717) is 0 Å². The van der Waals surface area contributed by atoms with E-state index < -0.39 is 0 Å². The molecular weight excluding hydrogens is 160 g/mol. The fourth-order valence-electron chi connectivity index (χ4n) is 0.555. The fraction of sp³-hybridized carbons (Fsp3) is 0.250. The van der Waals surface area contributed by atoms with E-state index in [4.69, 9.17) is 0 Å². The average Bonchev–Trinajstić information content (AvgIpc) is 2.41. The van der Waals surface area contributed by atoms with Crippen molar-refractivity contribution in [1.29, 1.82) is 0 Å². The van der Waals surface area contributed by atoms with Crippen molar-refractivity contribution in [2.24, 2.45) is 0 Å². The summed E-state index contributed by atoms with van der Waals surface area (Å²) in [7, 11) is 0. The van der Waals surface area contributed by atoms with Gasteiger partial charge in [-0.25, -0.2) is 0 Å². The van der Waals surface area contributed by atoms with E-state index in [9.17, 15) is 0 Å². The second kappa shape index (κ2) is 4.43. The van der Waals surface area contributed by atoms with Crippen molar-refractivity contribution in [3.05, 3.63) is 22.4 Å². The highest BCUT2D eigenvalue weighted by atomic mass is 32.1. The van der Waals surface area contributed by atoms with Crippen LogP contribution in [0.2, 0.25) is 0 Å². The summed E-state index contributed by atoms with van der Waals surface area (Å²) in [6.07, 6.45) is 0.876. The van der Waals surface area contributed by atoms with Gasteiger partial charge in [-0.2, -0.15) is 12.6 Å². The normalized spacial score (nSPS) is 8.50. The van der Waals surface area contributed by atoms with Gasteiger partial charge in [0.25, 0.3) is 0 Å². The molecule has 0 radical (unpaired) electrons. The molecule has 0 aliphatic heterocycles. The number of thiol groups is 1. The molecule has 1 heterocycles. The Morgan fingerprint density at radius 1 is 1.60 bits per heavy atom. The molecule has 0 bridgehead atoms. The van der Waals surface area contributed by atoms with Gasteiger partial charge in [0, 0.05) is 12.2 Å². The Morgan fingerprint density at radius 2 is 2.50 bits per heavy atom. The third-order valence-electron chi connectivity index (χ3n) is 0.970. The Bertz CT molecular complexity index is 226. The van der Waals surface area contributed by atoms with Crippen molar-refractivity contribution in [3.63, 3.8) is 0 Å². The smallest absolute Gasteiger partial charge is 0.0768 e. The molecule has 0 unspecified atom stereocenters. The first-order valence-electron chi connectivity index (χ1n) is 3.06. The molecule has 0 fully saturated rings. The second-order valence-electron chi connectivity index (χ2n) is 1.75. The van der Waals surface area contributed by atoms with Gasteiger partial charge in [0.05, 0.1) is 4.88 Å². The third-order valence-corrected chi connectivity index (χ3v) is 1.98. The first kappa shape index (κ1) is 7.71. The molecule has 0 amide bonds. The van der Waals surface area contributed by atoms with Crippen LogP contribution in [0.4, 0.5) is 0 Å². The van der Waals surface area contributed by atoms with Crippen molar-refractivity contribution in [1.82, 2.24) is 0 Å². The maximum Gasteiger partial charge on any atom is 0.0768 e. The predicted octanol–water partition coefficient (Wildman–Crippen LogP) is 2.42. The van der Waals surface area contributed by atoms with Crippen LogP contribution in [0.1, 0.15) is 11.3 Å². The van der Waals surface area contributed by atoms with Gasteiger partial charge in [0.1, 0.15) is 0 Å². The largest absolute Gasteiger partial charge is 0.178 e. The van der Waals surface area contributed by atoms with Crippen molar-refractivity contribution in [2.45, 2.75) is 6.42 Å². The van der Waals surface area contributed by atoms with Gasteiger partial charge in [0.15, 0.2) is 0 Å². The zero-order valence-electron chi connectivity index (χ0n) is 5.50. The van der Waals surface area contributed by atoms with Gasteiger partial charge < -0.3 is 0 Å². The minimum atomic E-state index is 0.846. The zero-order valence-corrected chi connectivity index (χ0v) is 7.21. The minimum Gasteiger partial charge on any atom is -0.178 e. The summed E-state index contributed by atoms with van der Waals surface area (Å²) in [5.74, 6) is 6.91. The zero-order chi connectivity index (χ0) is 7.23. The van der Waals surface area contributed by atoms with E-state index in [1.54, 1.807) is 11.3 Å². The van der Waals surface area contributed by atoms with E-state index >= 15 is 0 Å². The molecule has 0 N–H and O–H groups in total. The van der Waals surface area contributed by atoms with Gasteiger partial charge >= 0.3 is 0 Å². The molecule has 1 aromatic heterocycles. The Labute approximate surface area is 70.7 Å². The molecule has 0 aliphatic rings. The number of hydrogen-bond donors (Lipinski definition) is 1. The molecule has 1 aromatic rings. The minimum absolute atomic E-state index is 0.846. The third kappa shape index (κ3) is 2.47. The summed E-state index contributed by atoms with van der Waals surface area (Å²) in [6.45, 7) is 0. The molecule has 0 spiro atoms. The van der Waals surface area contributed by atoms with Gasteiger partial charge in [-0.1, -0.05) is 17.9 Å². The maximum atomic E-state index is 4.05. The second-order valence-corrected chi connectivity index (χ2v) is 3.15. The lowest BCUT2D eigenvalue weighted by Gasteiger charge is -1.76. The number of hydrogen-bond acceptors (Lipinski definition) is 2. The van der Waals surface area contributed by atoms with Crippen LogP contribution in [-0.2, 0) is 0 Å². The first-order chi connectivity index (χ1) is 4.93. The summed E-state index contributed by atoms with van der Waals surface area (Å²) in [5.41, 5.74) is 0. The van der Waals surface area contributed by atoms with Crippen molar-refractivity contribution < 1.29 is 0 Å². The SMILES string of the molecule is SCCC#Cc1cccs1. The number of rotatable bonds is 1. The van der Waals surface area contributed by atoms with Gasteiger partial charge in [-0.3, -0.25) is 0 Å². The molecular formula is C8H8S2. The van der Waals surface area contributed by atoms with Crippen LogP contribution in [0.3, 0.4) is 0 Å². The van der Waals surface area contributed by atoms with Crippen LogP contribution in [-0.4, -0.2) is 5.75 Å². The predicted molar refractivity (Wildman–Crippen MR) is 49.7 cm³/mol. The lowest BCUT2D eigenvalue weighted by atomic mass is 10.4. The maximum absolute atomic E-state index is 4.05. The lowest BCUT2D eigenvalue weighted by molar-refractivity contribution is 1.31. The van der Waals surface area contributed by atoms with Crippen molar-refractivity contribution in [2.75, 3.05) is 5.75 Å². The summed E-state index contributed by atoms with van der Waals surface area (Å²) in [5, 5.41) is 2.03. The summed E-state index contributed by atoms with van der Waals surface area (Å²) in [6, 6.07) is 4.03. The monoisotopic (exact) mass is 168 g/mol. The van der Waals surface area contributed by atoms with E-state index in [-0.39, 0.29) is 0 Å². The Hall–Kier alpha value is -0.390. The van der Waals surface area contributed by atoms with E-state index in [1.807, 2.05) is 17.5 Å². The molecule has 0 atom stereocenters. The highest BCUT2D eigenvalue weighted by molar-refractivity contribution is 7.80. The number of thiophene rings is 1. The Balaban J connectivity index is 2.49. The fourth-order valence-corrected chi connectivity index (χ4v) is 1.26. The molecule has 0 aromatic carbocycles. The van der Waals surface area contributed by atoms with Gasteiger partial charge in [-0.15, -0.1) is 11.3 Å². The highest BCUT2D eigenvalue weighted by Crippen LogP contribution is 2.05. The highest BCUT2D eigenvalue weighted by Gasteiger charge is 1.82. The molecule has 1 rings (SSSR count). The summed E-state index contributed by atoms with van der Waals surface area (Å²) in [4.78, 5) is 1.14. The van der Waals surface area contributed by atoms with Crippen LogP contribution in [0.5, 0.6) is 0 Å². The Kier molecular flexibility index (Phi) is 3.42. The topological polar surface area (TPSA) is 0 Å². The van der Waals surface area contributed by atoms with Crippen LogP contribution >= 0.6 is 24.0 Å². The van der Waals surface area contributed by atoms with E-state index in [0.717, 1.165) is 17.1 Å². The van der Waals surface area contributed by atoms with Crippen LogP contribution < -0.4 is 0 Å². The summed E-state index contributed by atoms with van der Waals surface area (Å²) >= 11 is 5.73. The van der Waals surface area contributed by atoms with Gasteiger partial charge in [0.2, 0.25) is 0 Å². The molecule has 2 heteroatoms. The van der Waals surface area contributed by atoms with Crippen LogP contribution in [0, 0.1) is 11.8 Å². The quantitative estimate of drug-likeness (QED) is 0.483. The van der Waals surface area contributed by atoms with E-state index in [2.05, 4.69) is 24.5 Å². The Morgan fingerprint density at radius 3 is 3.10 bits per heavy atom. The molecule has 0 saturated carbocycles. The average molecular weight is 168 g/mol. The van der Waals surface area contributed by atoms with Crippen molar-refractivity contribution >= 4 is 24.0 Å². The lowest BCUT2D eigenvalue weighted by Crippen LogP contribution is -1.66. The van der Waals surface area contributed by atoms with E-state index in [1.165, 1.54) is 0 Å². The van der Waals surface area contributed by atoms with Crippen LogP contribution in [0.15, 0.2) is 17.5 Å². The molecule has 0 aliphatic carbocycles. The molecule has 0 nitrogen and oxygen atoms in total. The molecule has 52 valence electrons. The molecule has 0 saturated heterocycles.